The Labute approximate surface area is 127 Å². The minimum atomic E-state index is -0.195. The number of ether oxygens (including phenoxy) is 1. The maximum Gasteiger partial charge on any atom is 0.168 e. The van der Waals surface area contributed by atoms with Crippen LogP contribution < -0.4 is 4.74 Å². The van der Waals surface area contributed by atoms with Crippen LogP contribution >= 0.6 is 0 Å². The SMILES string of the molecule is Cc1c(/C=C/C2CCC2)ccc(OCCC2CCC2)c1F. The molecule has 2 aliphatic rings. The van der Waals surface area contributed by atoms with Crippen molar-refractivity contribution in [3.8, 4) is 5.75 Å². The molecule has 0 aliphatic heterocycles. The number of hydrogen-bond acceptors (Lipinski definition) is 1. The lowest BCUT2D eigenvalue weighted by Gasteiger charge is -2.25. The third-order valence-corrected chi connectivity index (χ3v) is 5.10. The van der Waals surface area contributed by atoms with Crippen molar-refractivity contribution in [2.24, 2.45) is 11.8 Å². The molecule has 3 rings (SSSR count). The van der Waals surface area contributed by atoms with E-state index in [2.05, 4.69) is 12.2 Å². The van der Waals surface area contributed by atoms with E-state index in [1.165, 1.54) is 38.5 Å². The lowest BCUT2D eigenvalue weighted by molar-refractivity contribution is 0.216. The van der Waals surface area contributed by atoms with E-state index in [4.69, 9.17) is 4.74 Å². The Morgan fingerprint density at radius 1 is 1.19 bits per heavy atom. The molecular formula is C19H25FO. The molecule has 0 aromatic heterocycles. The van der Waals surface area contributed by atoms with E-state index < -0.39 is 0 Å². The maximum absolute atomic E-state index is 14.3. The van der Waals surface area contributed by atoms with Gasteiger partial charge in [-0.2, -0.15) is 0 Å². The van der Waals surface area contributed by atoms with Gasteiger partial charge in [0, 0.05) is 0 Å². The van der Waals surface area contributed by atoms with Crippen molar-refractivity contribution in [1.29, 1.82) is 0 Å². The van der Waals surface area contributed by atoms with Gasteiger partial charge in [0.25, 0.3) is 0 Å². The first-order valence-corrected chi connectivity index (χ1v) is 8.34. The highest BCUT2D eigenvalue weighted by atomic mass is 19.1. The van der Waals surface area contributed by atoms with Crippen molar-refractivity contribution in [3.05, 3.63) is 35.2 Å². The summed E-state index contributed by atoms with van der Waals surface area (Å²) in [7, 11) is 0. The normalized spacial score (nSPS) is 19.5. The number of rotatable bonds is 6. The van der Waals surface area contributed by atoms with Crippen LogP contribution in [0, 0.1) is 24.6 Å². The molecule has 2 aliphatic carbocycles. The molecule has 0 N–H and O–H groups in total. The molecule has 0 unspecified atom stereocenters. The quantitative estimate of drug-likeness (QED) is 0.670. The third kappa shape index (κ3) is 3.48. The Kier molecular flexibility index (Phi) is 4.62. The summed E-state index contributed by atoms with van der Waals surface area (Å²) in [6.07, 6.45) is 13.2. The predicted octanol–water partition coefficient (Wildman–Crippen LogP) is 5.52. The molecule has 0 heterocycles. The fraction of sp³-hybridized carbons (Fsp3) is 0.579. The van der Waals surface area contributed by atoms with Gasteiger partial charge in [-0.3, -0.25) is 0 Å². The van der Waals surface area contributed by atoms with E-state index in [1.54, 1.807) is 6.07 Å². The first-order chi connectivity index (χ1) is 10.2. The van der Waals surface area contributed by atoms with Crippen molar-refractivity contribution in [3.63, 3.8) is 0 Å². The topological polar surface area (TPSA) is 9.23 Å². The molecule has 2 fully saturated rings. The van der Waals surface area contributed by atoms with Crippen LogP contribution in [0.15, 0.2) is 18.2 Å². The molecule has 21 heavy (non-hydrogen) atoms. The second-order valence-electron chi connectivity index (χ2n) is 6.58. The molecule has 0 atom stereocenters. The lowest BCUT2D eigenvalue weighted by atomic mass is 9.83. The van der Waals surface area contributed by atoms with Crippen molar-refractivity contribution in [1.82, 2.24) is 0 Å². The first-order valence-electron chi connectivity index (χ1n) is 8.34. The summed E-state index contributed by atoms with van der Waals surface area (Å²) >= 11 is 0. The molecule has 0 radical (unpaired) electrons. The van der Waals surface area contributed by atoms with Crippen molar-refractivity contribution in [2.75, 3.05) is 6.61 Å². The standard InChI is InChI=1S/C19H25FO/c1-14-17(9-8-15-4-2-5-15)10-11-18(19(14)20)21-13-12-16-6-3-7-16/h8-11,15-16H,2-7,12-13H2,1H3/b9-8+. The molecule has 114 valence electrons. The molecule has 1 aromatic carbocycles. The van der Waals surface area contributed by atoms with Gasteiger partial charge in [0.2, 0.25) is 0 Å². The molecule has 1 nitrogen and oxygen atoms in total. The summed E-state index contributed by atoms with van der Waals surface area (Å²) < 4.78 is 20.0. The predicted molar refractivity (Wildman–Crippen MR) is 85.0 cm³/mol. The van der Waals surface area contributed by atoms with Crippen LogP contribution in [0.1, 0.15) is 56.1 Å². The summed E-state index contributed by atoms with van der Waals surface area (Å²) in [5.74, 6) is 1.72. The fourth-order valence-electron chi connectivity index (χ4n) is 2.96. The van der Waals surface area contributed by atoms with Crippen molar-refractivity contribution < 1.29 is 9.13 Å². The monoisotopic (exact) mass is 288 g/mol. The van der Waals surface area contributed by atoms with Gasteiger partial charge in [0.15, 0.2) is 11.6 Å². The molecule has 0 bridgehead atoms. The average molecular weight is 288 g/mol. The number of halogens is 1. The summed E-state index contributed by atoms with van der Waals surface area (Å²) in [4.78, 5) is 0. The van der Waals surface area contributed by atoms with Gasteiger partial charge in [0.1, 0.15) is 0 Å². The number of allylic oxidation sites excluding steroid dienone is 1. The third-order valence-electron chi connectivity index (χ3n) is 5.10. The minimum absolute atomic E-state index is 0.195. The van der Waals surface area contributed by atoms with E-state index in [9.17, 15) is 4.39 Å². The summed E-state index contributed by atoms with van der Waals surface area (Å²) in [5, 5.41) is 0. The Hall–Kier alpha value is -1.31. The number of hydrogen-bond donors (Lipinski definition) is 0. The second-order valence-corrected chi connectivity index (χ2v) is 6.58. The Balaban J connectivity index is 1.59. The fourth-order valence-corrected chi connectivity index (χ4v) is 2.96. The van der Waals surface area contributed by atoms with E-state index in [1.807, 2.05) is 13.0 Å². The number of benzene rings is 1. The molecule has 2 saturated carbocycles. The zero-order valence-corrected chi connectivity index (χ0v) is 12.9. The van der Waals surface area contributed by atoms with Gasteiger partial charge in [-0.1, -0.05) is 43.9 Å². The van der Waals surface area contributed by atoms with E-state index in [0.717, 1.165) is 17.9 Å². The largest absolute Gasteiger partial charge is 0.490 e. The highest BCUT2D eigenvalue weighted by Crippen LogP contribution is 2.31. The van der Waals surface area contributed by atoms with Gasteiger partial charge in [0.05, 0.1) is 6.61 Å². The van der Waals surface area contributed by atoms with Crippen molar-refractivity contribution >= 4 is 6.08 Å². The van der Waals surface area contributed by atoms with E-state index in [-0.39, 0.29) is 5.82 Å². The van der Waals surface area contributed by atoms with Gasteiger partial charge in [-0.05, 0) is 55.2 Å². The van der Waals surface area contributed by atoms with Gasteiger partial charge < -0.3 is 4.74 Å². The molecule has 1 aromatic rings. The van der Waals surface area contributed by atoms with Crippen LogP contribution in [0.3, 0.4) is 0 Å². The molecule has 0 amide bonds. The minimum Gasteiger partial charge on any atom is -0.490 e. The molecule has 2 heteroatoms. The molecule has 0 saturated heterocycles. The highest BCUT2D eigenvalue weighted by Gasteiger charge is 2.18. The maximum atomic E-state index is 14.3. The summed E-state index contributed by atoms with van der Waals surface area (Å²) in [5.41, 5.74) is 1.68. The summed E-state index contributed by atoms with van der Waals surface area (Å²) in [6.45, 7) is 2.48. The first kappa shape index (κ1) is 14.6. The van der Waals surface area contributed by atoms with E-state index in [0.29, 0.717) is 23.8 Å². The lowest BCUT2D eigenvalue weighted by Crippen LogP contribution is -2.14. The Bertz CT molecular complexity index is 513. The Morgan fingerprint density at radius 2 is 1.95 bits per heavy atom. The van der Waals surface area contributed by atoms with Crippen LogP contribution in [-0.4, -0.2) is 6.61 Å². The smallest absolute Gasteiger partial charge is 0.168 e. The van der Waals surface area contributed by atoms with Crippen molar-refractivity contribution in [2.45, 2.75) is 51.9 Å². The van der Waals surface area contributed by atoms with Crippen LogP contribution in [-0.2, 0) is 0 Å². The Morgan fingerprint density at radius 3 is 2.57 bits per heavy atom. The molecular weight excluding hydrogens is 263 g/mol. The van der Waals surface area contributed by atoms with Crippen LogP contribution in [0.25, 0.3) is 6.08 Å². The zero-order valence-electron chi connectivity index (χ0n) is 12.9. The van der Waals surface area contributed by atoms with E-state index >= 15 is 0 Å². The van der Waals surface area contributed by atoms with Crippen LogP contribution in [0.5, 0.6) is 5.75 Å². The summed E-state index contributed by atoms with van der Waals surface area (Å²) in [6, 6.07) is 3.76. The second kappa shape index (κ2) is 6.64. The van der Waals surface area contributed by atoms with Gasteiger partial charge in [-0.25, -0.2) is 4.39 Å². The van der Waals surface area contributed by atoms with Crippen LogP contribution in [0.2, 0.25) is 0 Å². The molecule has 0 spiro atoms. The highest BCUT2D eigenvalue weighted by molar-refractivity contribution is 5.56. The van der Waals surface area contributed by atoms with Gasteiger partial charge in [-0.15, -0.1) is 0 Å². The van der Waals surface area contributed by atoms with Gasteiger partial charge >= 0.3 is 0 Å². The zero-order chi connectivity index (χ0) is 14.7. The van der Waals surface area contributed by atoms with Crippen LogP contribution in [0.4, 0.5) is 4.39 Å². The average Bonchev–Trinajstić information content (AvgIpc) is 2.37.